The minimum absolute atomic E-state index is 0.0193. The molecule has 0 saturated heterocycles. The number of imidazole rings is 1. The monoisotopic (exact) mass is 591 g/mol. The van der Waals surface area contributed by atoms with Crippen LogP contribution in [0.15, 0.2) is 79.3 Å². The van der Waals surface area contributed by atoms with Crippen molar-refractivity contribution in [1.29, 1.82) is 0 Å². The summed E-state index contributed by atoms with van der Waals surface area (Å²) in [7, 11) is 1.55. The van der Waals surface area contributed by atoms with Crippen LogP contribution in [0.3, 0.4) is 0 Å². The van der Waals surface area contributed by atoms with Gasteiger partial charge in [-0.3, -0.25) is 9.59 Å². The minimum Gasteiger partial charge on any atom is -0.492 e. The van der Waals surface area contributed by atoms with Gasteiger partial charge in [-0.2, -0.15) is 0 Å². The third kappa shape index (κ3) is 7.08. The van der Waals surface area contributed by atoms with E-state index in [0.29, 0.717) is 47.5 Å². The molecule has 5 rings (SSSR count). The van der Waals surface area contributed by atoms with E-state index >= 15 is 0 Å². The number of likely N-dealkylation sites (N-methyl/N-ethyl adjacent to an activating group) is 1. The van der Waals surface area contributed by atoms with Crippen LogP contribution in [-0.4, -0.2) is 41.1 Å². The van der Waals surface area contributed by atoms with Gasteiger partial charge in [-0.25, -0.2) is 4.98 Å². The van der Waals surface area contributed by atoms with Crippen LogP contribution in [0.1, 0.15) is 45.2 Å². The summed E-state index contributed by atoms with van der Waals surface area (Å²) in [5.41, 5.74) is 4.35. The zero-order valence-corrected chi connectivity index (χ0v) is 24.1. The van der Waals surface area contributed by atoms with Crippen molar-refractivity contribution in [3.8, 4) is 5.75 Å². The summed E-state index contributed by atoms with van der Waals surface area (Å²) in [6.07, 6.45) is 4.75. The average Bonchev–Trinajstić information content (AvgIpc) is 3.43. The molecule has 0 saturated carbocycles. The summed E-state index contributed by atoms with van der Waals surface area (Å²) in [5, 5.41) is 10.5. The van der Waals surface area contributed by atoms with Crippen molar-refractivity contribution in [2.45, 2.75) is 38.0 Å². The second-order valence-electron chi connectivity index (χ2n) is 9.90. The van der Waals surface area contributed by atoms with Gasteiger partial charge in [0, 0.05) is 60.8 Å². The Morgan fingerprint density at radius 3 is 2.44 bits per heavy atom. The molecule has 0 spiro atoms. The molecule has 2 atom stereocenters. The summed E-state index contributed by atoms with van der Waals surface area (Å²) in [4.78, 5) is 30.4. The van der Waals surface area contributed by atoms with Gasteiger partial charge in [0.2, 0.25) is 5.91 Å². The van der Waals surface area contributed by atoms with E-state index in [1.54, 1.807) is 25.2 Å². The molecule has 0 aliphatic carbocycles. The number of nitrogens with one attached hydrogen (secondary N) is 3. The lowest BCUT2D eigenvalue weighted by atomic mass is 9.96. The lowest BCUT2D eigenvalue weighted by molar-refractivity contribution is -0.122. The average molecular weight is 593 g/mol. The van der Waals surface area contributed by atoms with Crippen molar-refractivity contribution in [1.82, 2.24) is 25.5 Å². The Balaban J connectivity index is 1.28. The number of fused-ring (bicyclic) bond motifs is 1. The van der Waals surface area contributed by atoms with E-state index in [-0.39, 0.29) is 17.9 Å². The van der Waals surface area contributed by atoms with Crippen molar-refractivity contribution < 1.29 is 14.3 Å². The maximum Gasteiger partial charge on any atom is 0.255 e. The summed E-state index contributed by atoms with van der Waals surface area (Å²) >= 11 is 12.0. The second kappa shape index (κ2) is 13.2. The van der Waals surface area contributed by atoms with Gasteiger partial charge >= 0.3 is 0 Å². The van der Waals surface area contributed by atoms with Crippen LogP contribution in [0.4, 0.5) is 0 Å². The van der Waals surface area contributed by atoms with E-state index in [9.17, 15) is 9.59 Å². The van der Waals surface area contributed by atoms with Crippen molar-refractivity contribution in [3.05, 3.63) is 117 Å². The first kappa shape index (κ1) is 28.7. The highest BCUT2D eigenvalue weighted by molar-refractivity contribution is 6.30. The molecule has 41 heavy (non-hydrogen) atoms. The maximum atomic E-state index is 13.4. The van der Waals surface area contributed by atoms with Gasteiger partial charge in [0.05, 0.1) is 24.2 Å². The quantitative estimate of drug-likeness (QED) is 0.243. The van der Waals surface area contributed by atoms with Gasteiger partial charge in [0.1, 0.15) is 11.8 Å². The molecule has 0 radical (unpaired) electrons. The van der Waals surface area contributed by atoms with Gasteiger partial charge in [0.15, 0.2) is 0 Å². The highest BCUT2D eigenvalue weighted by Crippen LogP contribution is 2.35. The Bertz CT molecular complexity index is 1510. The van der Waals surface area contributed by atoms with Crippen LogP contribution in [0.2, 0.25) is 10.0 Å². The number of rotatable bonds is 10. The van der Waals surface area contributed by atoms with Gasteiger partial charge in [-0.05, 0) is 41.5 Å². The SMILES string of the molecule is CNC(=O)[C@@H](Cc1ccc(Cl)cc1)NC(=O)c1cccc2c1OCCC2NCc1cncn1Cc1ccc(Cl)cc1. The number of hydrogen-bond acceptors (Lipinski definition) is 5. The van der Waals surface area contributed by atoms with Crippen LogP contribution >= 0.6 is 23.2 Å². The number of ether oxygens (including phenoxy) is 1. The highest BCUT2D eigenvalue weighted by atomic mass is 35.5. The molecule has 1 aliphatic heterocycles. The molecule has 4 aromatic rings. The van der Waals surface area contributed by atoms with Crippen LogP contribution in [0.25, 0.3) is 0 Å². The molecular weight excluding hydrogens is 561 g/mol. The number of aromatic nitrogens is 2. The predicted molar refractivity (Wildman–Crippen MR) is 159 cm³/mol. The number of carbonyl (C=O) groups is 2. The van der Waals surface area contributed by atoms with E-state index in [4.69, 9.17) is 27.9 Å². The minimum atomic E-state index is -0.761. The summed E-state index contributed by atoms with van der Waals surface area (Å²) in [6.45, 7) is 1.74. The molecule has 3 aromatic carbocycles. The molecule has 1 aliphatic rings. The first-order valence-corrected chi connectivity index (χ1v) is 14.2. The van der Waals surface area contributed by atoms with Gasteiger partial charge in [-0.1, -0.05) is 59.6 Å². The Labute approximate surface area is 249 Å². The maximum absolute atomic E-state index is 13.4. The van der Waals surface area contributed by atoms with Gasteiger partial charge < -0.3 is 25.3 Å². The molecule has 1 aromatic heterocycles. The number of benzene rings is 3. The van der Waals surface area contributed by atoms with Crippen LogP contribution in [0, 0.1) is 0 Å². The normalized spacial score (nSPS) is 15.0. The smallest absolute Gasteiger partial charge is 0.255 e. The van der Waals surface area contributed by atoms with E-state index in [2.05, 4.69) is 25.5 Å². The van der Waals surface area contributed by atoms with Crippen molar-refractivity contribution in [2.75, 3.05) is 13.7 Å². The van der Waals surface area contributed by atoms with E-state index < -0.39 is 6.04 Å². The standard InChI is InChI=1S/C31H31Cl2N5O3/c1-34-31(40)28(15-20-5-9-22(32)10-6-20)37-30(39)26-4-2-3-25-27(13-14-41-29(25)26)36-17-24-16-35-19-38(24)18-21-7-11-23(33)12-8-21/h2-12,16,19,27-28,36H,13-15,17-18H2,1H3,(H,34,40)(H,37,39)/t27?,28-/m1/s1. The largest absolute Gasteiger partial charge is 0.492 e. The van der Waals surface area contributed by atoms with Crippen LogP contribution < -0.4 is 20.7 Å². The fraction of sp³-hybridized carbons (Fsp3) is 0.258. The molecule has 2 heterocycles. The van der Waals surface area contributed by atoms with Crippen molar-refractivity contribution in [3.63, 3.8) is 0 Å². The number of nitrogens with zero attached hydrogens (tertiary/aromatic N) is 2. The number of carbonyl (C=O) groups excluding carboxylic acids is 2. The molecule has 8 nitrogen and oxygen atoms in total. The van der Waals surface area contributed by atoms with Crippen molar-refractivity contribution >= 4 is 35.0 Å². The molecule has 212 valence electrons. The summed E-state index contributed by atoms with van der Waals surface area (Å²) < 4.78 is 8.11. The summed E-state index contributed by atoms with van der Waals surface area (Å²) in [6, 6.07) is 19.7. The Hall–Kier alpha value is -3.85. The van der Waals surface area contributed by atoms with E-state index in [1.165, 1.54) is 0 Å². The lowest BCUT2D eigenvalue weighted by Crippen LogP contribution is -2.47. The van der Waals surface area contributed by atoms with E-state index in [1.807, 2.05) is 61.1 Å². The Kier molecular flexibility index (Phi) is 9.24. The Morgan fingerprint density at radius 1 is 1.02 bits per heavy atom. The highest BCUT2D eigenvalue weighted by Gasteiger charge is 2.28. The van der Waals surface area contributed by atoms with Crippen molar-refractivity contribution in [2.24, 2.45) is 0 Å². The van der Waals surface area contributed by atoms with E-state index in [0.717, 1.165) is 28.8 Å². The fourth-order valence-electron chi connectivity index (χ4n) is 4.94. The zero-order valence-electron chi connectivity index (χ0n) is 22.6. The third-order valence-corrected chi connectivity index (χ3v) is 7.64. The third-order valence-electron chi connectivity index (χ3n) is 7.13. The first-order chi connectivity index (χ1) is 19.9. The molecular formula is C31H31Cl2N5O3. The molecule has 10 heteroatoms. The summed E-state index contributed by atoms with van der Waals surface area (Å²) in [5.74, 6) is -0.120. The number of halogens is 2. The second-order valence-corrected chi connectivity index (χ2v) is 10.8. The molecule has 0 fully saturated rings. The number of para-hydroxylation sites is 1. The molecule has 2 amide bonds. The molecule has 3 N–H and O–H groups in total. The number of hydrogen-bond donors (Lipinski definition) is 3. The first-order valence-electron chi connectivity index (χ1n) is 13.4. The van der Waals surface area contributed by atoms with Gasteiger partial charge in [-0.15, -0.1) is 0 Å². The zero-order chi connectivity index (χ0) is 28.8. The molecule has 0 bridgehead atoms. The van der Waals surface area contributed by atoms with Crippen LogP contribution in [0.5, 0.6) is 5.75 Å². The van der Waals surface area contributed by atoms with Gasteiger partial charge in [0.25, 0.3) is 5.91 Å². The molecule has 1 unspecified atom stereocenters. The fourth-order valence-corrected chi connectivity index (χ4v) is 5.20. The predicted octanol–water partition coefficient (Wildman–Crippen LogP) is 4.94. The van der Waals surface area contributed by atoms with Crippen LogP contribution in [-0.2, 0) is 24.3 Å². The Morgan fingerprint density at radius 2 is 1.73 bits per heavy atom. The number of amides is 2. The lowest BCUT2D eigenvalue weighted by Gasteiger charge is -2.28. The topological polar surface area (TPSA) is 97.3 Å².